The van der Waals surface area contributed by atoms with Gasteiger partial charge in [0, 0.05) is 37.7 Å². The van der Waals surface area contributed by atoms with Crippen LogP contribution in [0.3, 0.4) is 0 Å². The van der Waals surface area contributed by atoms with Gasteiger partial charge in [-0.15, -0.1) is 0 Å². The minimum atomic E-state index is -0.418. The first-order chi connectivity index (χ1) is 16.6. The third kappa shape index (κ3) is 3.76. The number of carbonyl (C=O) groups is 1. The summed E-state index contributed by atoms with van der Waals surface area (Å²) in [7, 11) is 0. The van der Waals surface area contributed by atoms with Gasteiger partial charge in [0.1, 0.15) is 23.3 Å². The average Bonchev–Trinajstić information content (AvgIpc) is 3.63. The van der Waals surface area contributed by atoms with Crippen LogP contribution in [0.2, 0.25) is 0 Å². The number of amides is 1. The van der Waals surface area contributed by atoms with Gasteiger partial charge in [0.05, 0.1) is 17.3 Å². The summed E-state index contributed by atoms with van der Waals surface area (Å²) in [6.07, 6.45) is 3.87. The quantitative estimate of drug-likeness (QED) is 0.462. The number of aromatic nitrogens is 4. The molecule has 2 aromatic heterocycles. The summed E-state index contributed by atoms with van der Waals surface area (Å²) in [6.45, 7) is 2.20. The summed E-state index contributed by atoms with van der Waals surface area (Å²) in [4.78, 5) is 26.4. The topological polar surface area (TPSA) is 67.2 Å². The number of hydrogen-bond donors (Lipinski definition) is 0. The second-order valence-electron chi connectivity index (χ2n) is 8.74. The smallest absolute Gasteiger partial charge is 0.254 e. The molecular formula is C25H22F2N6O. The first-order valence-electron chi connectivity index (χ1n) is 11.4. The Kier molecular flexibility index (Phi) is 4.97. The van der Waals surface area contributed by atoms with Gasteiger partial charge in [0.15, 0.2) is 5.65 Å². The molecule has 2 fully saturated rings. The molecule has 3 heterocycles. The van der Waals surface area contributed by atoms with E-state index in [0.717, 1.165) is 35.6 Å². The summed E-state index contributed by atoms with van der Waals surface area (Å²) >= 11 is 0. The van der Waals surface area contributed by atoms with Gasteiger partial charge in [-0.2, -0.15) is 5.10 Å². The van der Waals surface area contributed by atoms with E-state index in [1.165, 1.54) is 24.3 Å². The van der Waals surface area contributed by atoms with Crippen molar-refractivity contribution in [3.8, 4) is 5.69 Å². The molecule has 2 aliphatic rings. The van der Waals surface area contributed by atoms with Crippen LogP contribution in [-0.4, -0.2) is 56.7 Å². The van der Waals surface area contributed by atoms with Crippen LogP contribution in [-0.2, 0) is 0 Å². The Morgan fingerprint density at radius 3 is 2.38 bits per heavy atom. The molecule has 1 saturated carbocycles. The van der Waals surface area contributed by atoms with Crippen molar-refractivity contribution in [1.29, 1.82) is 0 Å². The second-order valence-corrected chi connectivity index (χ2v) is 8.74. The lowest BCUT2D eigenvalue weighted by atomic mass is 10.1. The van der Waals surface area contributed by atoms with Gasteiger partial charge >= 0.3 is 0 Å². The van der Waals surface area contributed by atoms with Gasteiger partial charge in [0.25, 0.3) is 5.91 Å². The van der Waals surface area contributed by atoms with Crippen LogP contribution in [0.5, 0.6) is 0 Å². The summed E-state index contributed by atoms with van der Waals surface area (Å²) < 4.78 is 28.7. The number of hydrogen-bond acceptors (Lipinski definition) is 5. The molecule has 6 rings (SSSR count). The Labute approximate surface area is 194 Å². The third-order valence-electron chi connectivity index (χ3n) is 6.38. The average molecular weight is 460 g/mol. The molecule has 172 valence electrons. The summed E-state index contributed by atoms with van der Waals surface area (Å²) in [5, 5.41) is 5.35. The molecule has 0 spiro atoms. The predicted molar refractivity (Wildman–Crippen MR) is 123 cm³/mol. The molecule has 2 aromatic carbocycles. The zero-order valence-corrected chi connectivity index (χ0v) is 18.4. The lowest BCUT2D eigenvalue weighted by molar-refractivity contribution is 0.0746. The molecule has 0 unspecified atom stereocenters. The van der Waals surface area contributed by atoms with Crippen molar-refractivity contribution in [2.75, 3.05) is 31.1 Å². The minimum Gasteiger partial charge on any atom is -0.352 e. The summed E-state index contributed by atoms with van der Waals surface area (Å²) in [5.41, 5.74) is 1.78. The molecule has 34 heavy (non-hydrogen) atoms. The molecule has 1 amide bonds. The van der Waals surface area contributed by atoms with E-state index in [2.05, 4.69) is 10.00 Å². The number of halogens is 2. The van der Waals surface area contributed by atoms with Crippen molar-refractivity contribution < 1.29 is 13.6 Å². The molecule has 9 heteroatoms. The van der Waals surface area contributed by atoms with E-state index >= 15 is 0 Å². The Balaban J connectivity index is 1.30. The number of benzene rings is 2. The molecule has 0 radical (unpaired) electrons. The Bertz CT molecular complexity index is 1370. The predicted octanol–water partition coefficient (Wildman–Crippen LogP) is 3.93. The zero-order valence-electron chi connectivity index (χ0n) is 18.4. The normalized spacial score (nSPS) is 16.3. The highest BCUT2D eigenvalue weighted by molar-refractivity contribution is 5.94. The molecule has 1 saturated heterocycles. The van der Waals surface area contributed by atoms with E-state index < -0.39 is 5.82 Å². The van der Waals surface area contributed by atoms with Crippen molar-refractivity contribution >= 4 is 22.8 Å². The van der Waals surface area contributed by atoms with Crippen molar-refractivity contribution in [2.24, 2.45) is 0 Å². The van der Waals surface area contributed by atoms with Gasteiger partial charge in [-0.3, -0.25) is 4.79 Å². The highest BCUT2D eigenvalue weighted by Crippen LogP contribution is 2.40. The highest BCUT2D eigenvalue weighted by Gasteiger charge is 2.31. The first kappa shape index (κ1) is 20.7. The molecule has 0 bridgehead atoms. The van der Waals surface area contributed by atoms with Crippen molar-refractivity contribution in [1.82, 2.24) is 24.6 Å². The first-order valence-corrected chi connectivity index (χ1v) is 11.4. The third-order valence-corrected chi connectivity index (χ3v) is 6.38. The van der Waals surface area contributed by atoms with Gasteiger partial charge in [-0.1, -0.05) is 6.07 Å². The number of anilines is 1. The van der Waals surface area contributed by atoms with Crippen LogP contribution < -0.4 is 4.90 Å². The number of carbonyl (C=O) groups excluding carboxylic acids is 1. The van der Waals surface area contributed by atoms with Crippen LogP contribution in [0.25, 0.3) is 16.7 Å². The van der Waals surface area contributed by atoms with Gasteiger partial charge in [-0.25, -0.2) is 23.4 Å². The zero-order chi connectivity index (χ0) is 23.2. The number of fused-ring (bicyclic) bond motifs is 1. The molecular weight excluding hydrogens is 438 g/mol. The number of piperazine rings is 1. The Morgan fingerprint density at radius 2 is 1.68 bits per heavy atom. The van der Waals surface area contributed by atoms with Gasteiger partial charge < -0.3 is 9.80 Å². The monoisotopic (exact) mass is 460 g/mol. The maximum Gasteiger partial charge on any atom is 0.254 e. The lowest BCUT2D eigenvalue weighted by Gasteiger charge is -2.35. The molecule has 0 N–H and O–H groups in total. The van der Waals surface area contributed by atoms with E-state index in [-0.39, 0.29) is 11.7 Å². The highest BCUT2D eigenvalue weighted by atomic mass is 19.1. The second kappa shape index (κ2) is 8.16. The summed E-state index contributed by atoms with van der Waals surface area (Å²) in [6, 6.07) is 12.0. The van der Waals surface area contributed by atoms with E-state index in [9.17, 15) is 13.6 Å². The molecule has 4 aromatic rings. The van der Waals surface area contributed by atoms with E-state index in [4.69, 9.17) is 9.97 Å². The maximum atomic E-state index is 13.6. The molecule has 1 aliphatic carbocycles. The van der Waals surface area contributed by atoms with Crippen LogP contribution >= 0.6 is 0 Å². The number of rotatable bonds is 4. The standard InChI is InChI=1S/C25H22F2N6O/c26-18-6-8-20(9-7-18)33-24-21(15-28-33)23(29-22(30-24)16-4-5-16)31-10-12-32(13-11-31)25(34)17-2-1-3-19(27)14-17/h1-3,6-9,14-16H,4-5,10-13H2. The largest absolute Gasteiger partial charge is 0.352 e. The van der Waals surface area contributed by atoms with Crippen molar-refractivity contribution in [2.45, 2.75) is 18.8 Å². The van der Waals surface area contributed by atoms with Crippen LogP contribution in [0.15, 0.2) is 54.7 Å². The van der Waals surface area contributed by atoms with Crippen molar-refractivity contribution in [3.05, 3.63) is 77.8 Å². The molecule has 1 aliphatic heterocycles. The lowest BCUT2D eigenvalue weighted by Crippen LogP contribution is -2.49. The van der Waals surface area contributed by atoms with Crippen LogP contribution in [0.4, 0.5) is 14.6 Å². The van der Waals surface area contributed by atoms with Crippen LogP contribution in [0, 0.1) is 11.6 Å². The fraction of sp³-hybridized carbons (Fsp3) is 0.280. The number of nitrogens with zero attached hydrogens (tertiary/aromatic N) is 6. The Hall–Kier alpha value is -3.88. The van der Waals surface area contributed by atoms with E-state index in [1.807, 2.05) is 0 Å². The fourth-order valence-corrected chi connectivity index (χ4v) is 4.37. The Morgan fingerprint density at radius 1 is 0.912 bits per heavy atom. The van der Waals surface area contributed by atoms with Gasteiger partial charge in [-0.05, 0) is 55.3 Å². The summed E-state index contributed by atoms with van der Waals surface area (Å²) in [5.74, 6) is 1.05. The maximum absolute atomic E-state index is 13.6. The molecule has 0 atom stereocenters. The molecule has 7 nitrogen and oxygen atoms in total. The van der Waals surface area contributed by atoms with E-state index in [0.29, 0.717) is 43.3 Å². The fourth-order valence-electron chi connectivity index (χ4n) is 4.37. The van der Waals surface area contributed by atoms with Gasteiger partial charge in [0.2, 0.25) is 0 Å². The van der Waals surface area contributed by atoms with Crippen molar-refractivity contribution in [3.63, 3.8) is 0 Å². The van der Waals surface area contributed by atoms with Crippen LogP contribution in [0.1, 0.15) is 34.9 Å². The SMILES string of the molecule is O=C(c1cccc(F)c1)N1CCN(c2nc(C3CC3)nc3c2cnn3-c2ccc(F)cc2)CC1. The van der Waals surface area contributed by atoms with E-state index in [1.54, 1.807) is 40.0 Å². The minimum absolute atomic E-state index is 0.171.